The van der Waals surface area contributed by atoms with Crippen molar-refractivity contribution in [3.8, 4) is 5.75 Å². The van der Waals surface area contributed by atoms with E-state index in [9.17, 15) is 45.0 Å². The number of carbonyl (C=O) groups is 3. The molecule has 0 saturated carbocycles. The Hall–Kier alpha value is -3.37. The number of primary amides is 1. The number of benzene rings is 1. The Balaban J connectivity index is 0.00000216. The van der Waals surface area contributed by atoms with Gasteiger partial charge in [0, 0.05) is 0 Å². The number of phenols is 1. The standard InChI is InChI=1S/C22H24N2O9.3H2O/c1-21(32)7-5-4-6-8(25)9(7)15(26)10-12(21)17(28)13-14(24(2)3)16(27)11(20(23)31)19(30)22(13,33)18(10)29;;;/h4-6,12-14,17,25,27-29,32-33H,1-3H3,(H2,23,31);3*1H2/t12-,13-,14+,17+,21-,22+;;;/m1.../s1. The van der Waals surface area contributed by atoms with Gasteiger partial charge in [0.2, 0.25) is 5.78 Å². The Bertz CT molecular complexity index is 1190. The van der Waals surface area contributed by atoms with Gasteiger partial charge in [-0.3, -0.25) is 19.3 Å². The molecule has 1 aromatic carbocycles. The smallest absolute Gasteiger partial charge is 0.255 e. The van der Waals surface area contributed by atoms with Crippen molar-refractivity contribution in [2.24, 2.45) is 17.6 Å². The van der Waals surface area contributed by atoms with E-state index in [4.69, 9.17) is 5.73 Å². The van der Waals surface area contributed by atoms with Crippen molar-refractivity contribution in [2.75, 3.05) is 14.1 Å². The summed E-state index contributed by atoms with van der Waals surface area (Å²) in [5.41, 5.74) is -1.88. The van der Waals surface area contributed by atoms with Crippen LogP contribution in [0.1, 0.15) is 22.8 Å². The number of likely N-dealkylation sites (N-methyl/N-ethyl adjacent to an activating group) is 1. The number of nitrogens with zero attached hydrogens (tertiary/aromatic N) is 1. The highest BCUT2D eigenvalue weighted by Crippen LogP contribution is 2.56. The van der Waals surface area contributed by atoms with Gasteiger partial charge < -0.3 is 52.8 Å². The van der Waals surface area contributed by atoms with E-state index in [1.807, 2.05) is 0 Å². The van der Waals surface area contributed by atoms with Crippen LogP contribution < -0.4 is 5.73 Å². The third-order valence-corrected chi connectivity index (χ3v) is 7.04. The molecule has 1 aromatic rings. The van der Waals surface area contributed by atoms with E-state index < -0.39 is 81.1 Å². The molecular formula is C22H30N2O12. The van der Waals surface area contributed by atoms with Crippen molar-refractivity contribution in [3.05, 3.63) is 52.0 Å². The van der Waals surface area contributed by atoms with Gasteiger partial charge in [0.05, 0.1) is 40.7 Å². The van der Waals surface area contributed by atoms with Crippen LogP contribution in [-0.2, 0) is 15.2 Å². The second kappa shape index (κ2) is 9.25. The van der Waals surface area contributed by atoms with Crippen LogP contribution >= 0.6 is 0 Å². The van der Waals surface area contributed by atoms with Crippen LogP contribution in [-0.4, -0.2) is 101 Å². The maximum atomic E-state index is 13.3. The SMILES string of the molecule is CN(C)[C@@H]1C(O)=C(C(N)=O)C(=O)[C@@]2(O)C(O)=C3C(=O)c4c(O)cccc4[C@@](C)(O)[C@H]3[C@H](O)[C@@H]12.O.O.O. The second-order valence-electron chi connectivity index (χ2n) is 9.06. The van der Waals surface area contributed by atoms with Gasteiger partial charge in [-0.1, -0.05) is 12.1 Å². The molecular weight excluding hydrogens is 484 g/mol. The molecule has 3 aliphatic carbocycles. The Morgan fingerprint density at radius 3 is 2.11 bits per heavy atom. The molecule has 0 fully saturated rings. The van der Waals surface area contributed by atoms with Crippen LogP contribution in [0.25, 0.3) is 0 Å². The lowest BCUT2D eigenvalue weighted by Gasteiger charge is -2.55. The van der Waals surface area contributed by atoms with E-state index in [1.165, 1.54) is 44.1 Å². The van der Waals surface area contributed by atoms with E-state index >= 15 is 0 Å². The molecule has 200 valence electrons. The number of aliphatic hydroxyl groups is 5. The van der Waals surface area contributed by atoms with Crippen LogP contribution in [0.3, 0.4) is 0 Å². The number of Topliss-reactive ketones (excluding diaryl/α,β-unsaturated/α-hetero) is 2. The zero-order valence-electron chi connectivity index (χ0n) is 19.5. The highest BCUT2D eigenvalue weighted by atomic mass is 16.4. The maximum absolute atomic E-state index is 13.3. The highest BCUT2D eigenvalue weighted by Gasteiger charge is 2.69. The summed E-state index contributed by atoms with van der Waals surface area (Å²) >= 11 is 0. The molecule has 0 radical (unpaired) electrons. The molecule has 4 rings (SSSR count). The third-order valence-electron chi connectivity index (χ3n) is 7.04. The molecule has 36 heavy (non-hydrogen) atoms. The third kappa shape index (κ3) is 3.42. The van der Waals surface area contributed by atoms with Crippen molar-refractivity contribution in [3.63, 3.8) is 0 Å². The first-order valence-corrected chi connectivity index (χ1v) is 10.1. The molecule has 0 aliphatic heterocycles. The quantitative estimate of drug-likeness (QED) is 0.189. The average molecular weight is 514 g/mol. The van der Waals surface area contributed by atoms with E-state index in [1.54, 1.807) is 0 Å². The molecule has 0 aromatic heterocycles. The molecule has 6 atom stereocenters. The number of aliphatic hydroxyl groups excluding tert-OH is 3. The number of ketones is 2. The van der Waals surface area contributed by atoms with Gasteiger partial charge in [-0.15, -0.1) is 0 Å². The van der Waals surface area contributed by atoms with Gasteiger partial charge in [0.15, 0.2) is 11.4 Å². The number of nitrogens with two attached hydrogens (primary N) is 1. The second-order valence-corrected chi connectivity index (χ2v) is 9.06. The number of aromatic hydroxyl groups is 1. The van der Waals surface area contributed by atoms with Gasteiger partial charge in [-0.25, -0.2) is 0 Å². The predicted octanol–water partition coefficient (Wildman–Crippen LogP) is -3.72. The van der Waals surface area contributed by atoms with Crippen molar-refractivity contribution in [1.29, 1.82) is 0 Å². The van der Waals surface area contributed by atoms with Gasteiger partial charge in [0.1, 0.15) is 22.8 Å². The largest absolute Gasteiger partial charge is 0.510 e. The zero-order valence-corrected chi connectivity index (χ0v) is 19.5. The van der Waals surface area contributed by atoms with Gasteiger partial charge in [-0.2, -0.15) is 0 Å². The van der Waals surface area contributed by atoms with Crippen LogP contribution in [0.5, 0.6) is 5.75 Å². The first kappa shape index (κ1) is 30.7. The minimum absolute atomic E-state index is 0. The van der Waals surface area contributed by atoms with Crippen LogP contribution in [0.4, 0.5) is 0 Å². The van der Waals surface area contributed by atoms with Gasteiger partial charge >= 0.3 is 0 Å². The molecule has 0 saturated heterocycles. The fourth-order valence-corrected chi connectivity index (χ4v) is 5.60. The zero-order chi connectivity index (χ0) is 24.8. The van der Waals surface area contributed by atoms with E-state index in [0.717, 1.165) is 0 Å². The molecule has 1 amide bonds. The minimum atomic E-state index is -3.02. The number of fused-ring (bicyclic) bond motifs is 3. The normalized spacial score (nSPS) is 33.0. The van der Waals surface area contributed by atoms with Gasteiger partial charge in [0.25, 0.3) is 5.91 Å². The first-order valence-electron chi connectivity index (χ1n) is 10.1. The van der Waals surface area contributed by atoms with Crippen molar-refractivity contribution in [1.82, 2.24) is 4.90 Å². The number of amides is 1. The van der Waals surface area contributed by atoms with E-state index in [0.29, 0.717) is 0 Å². The van der Waals surface area contributed by atoms with Crippen molar-refractivity contribution in [2.45, 2.75) is 30.3 Å². The average Bonchev–Trinajstić information content (AvgIpc) is 2.70. The lowest BCUT2D eigenvalue weighted by Crippen LogP contribution is -2.70. The molecule has 3 aliphatic rings. The Kier molecular flexibility index (Phi) is 7.88. The summed E-state index contributed by atoms with van der Waals surface area (Å²) in [6, 6.07) is 2.54. The van der Waals surface area contributed by atoms with Crippen LogP contribution in [0, 0.1) is 11.8 Å². The van der Waals surface area contributed by atoms with E-state index in [2.05, 4.69) is 0 Å². The molecule has 0 spiro atoms. The molecule has 14 heteroatoms. The lowest BCUT2D eigenvalue weighted by atomic mass is 9.54. The first-order chi connectivity index (χ1) is 15.2. The number of hydrogen-bond acceptors (Lipinski definition) is 10. The summed E-state index contributed by atoms with van der Waals surface area (Å²) < 4.78 is 0. The van der Waals surface area contributed by atoms with Crippen molar-refractivity contribution >= 4 is 17.5 Å². The number of phenolic OH excluding ortho intramolecular Hbond substituents is 1. The molecule has 0 unspecified atom stereocenters. The number of carbonyl (C=O) groups excluding carboxylic acids is 3. The lowest BCUT2D eigenvalue weighted by molar-refractivity contribution is -0.173. The van der Waals surface area contributed by atoms with Crippen molar-refractivity contribution < 1.29 is 61.5 Å². The summed E-state index contributed by atoms with van der Waals surface area (Å²) in [4.78, 5) is 39.8. The topological polar surface area (TPSA) is 296 Å². The summed E-state index contributed by atoms with van der Waals surface area (Å²) in [7, 11) is 2.85. The number of rotatable bonds is 2. The monoisotopic (exact) mass is 514 g/mol. The molecule has 14 nitrogen and oxygen atoms in total. The summed E-state index contributed by atoms with van der Waals surface area (Å²) in [6.07, 6.45) is -1.87. The van der Waals surface area contributed by atoms with E-state index in [-0.39, 0.29) is 27.6 Å². The molecule has 0 heterocycles. The Labute approximate surface area is 204 Å². The minimum Gasteiger partial charge on any atom is -0.510 e. The fraction of sp³-hybridized carbons (Fsp3) is 0.409. The summed E-state index contributed by atoms with van der Waals surface area (Å²) in [6.45, 7) is 1.25. The predicted molar refractivity (Wildman–Crippen MR) is 122 cm³/mol. The molecule has 14 N–H and O–H groups in total. The maximum Gasteiger partial charge on any atom is 0.255 e. The summed E-state index contributed by atoms with van der Waals surface area (Å²) in [5, 5.41) is 66.5. The van der Waals surface area contributed by atoms with Gasteiger partial charge in [-0.05, 0) is 32.6 Å². The number of hydrogen-bond donors (Lipinski definition) is 7. The highest BCUT2D eigenvalue weighted by molar-refractivity contribution is 6.25. The summed E-state index contributed by atoms with van der Waals surface area (Å²) in [5.74, 6) is -9.66. The van der Waals surface area contributed by atoms with Crippen LogP contribution in [0.15, 0.2) is 40.9 Å². The Morgan fingerprint density at radius 1 is 1.06 bits per heavy atom. The van der Waals surface area contributed by atoms with Crippen LogP contribution in [0.2, 0.25) is 0 Å². The Morgan fingerprint density at radius 2 is 1.61 bits per heavy atom. The fourth-order valence-electron chi connectivity index (χ4n) is 5.60. The molecule has 0 bridgehead atoms.